The van der Waals surface area contributed by atoms with Crippen LogP contribution in [0, 0.1) is 0 Å². The maximum Gasteiger partial charge on any atom is 0.261 e. The number of carbonyl (C=O) groups excluding carboxylic acids is 1. The zero-order chi connectivity index (χ0) is 17.5. The maximum atomic E-state index is 12.6. The number of amides is 1. The Morgan fingerprint density at radius 2 is 2.04 bits per heavy atom. The summed E-state index contributed by atoms with van der Waals surface area (Å²) in [6.45, 7) is 4.40. The summed E-state index contributed by atoms with van der Waals surface area (Å²) >= 11 is 0. The zero-order valence-electron chi connectivity index (χ0n) is 13.9. The summed E-state index contributed by atoms with van der Waals surface area (Å²) in [7, 11) is 3.04. The van der Waals surface area contributed by atoms with Crippen molar-refractivity contribution < 1.29 is 14.3 Å². The Bertz CT molecular complexity index is 798. The van der Waals surface area contributed by atoms with Crippen molar-refractivity contribution in [3.8, 4) is 11.5 Å². The Balaban J connectivity index is 2.17. The van der Waals surface area contributed by atoms with E-state index < -0.39 is 0 Å². The average Bonchev–Trinajstić information content (AvgIpc) is 2.60. The number of benzene rings is 1. The number of fused-ring (bicyclic) bond motifs is 1. The van der Waals surface area contributed by atoms with Gasteiger partial charge in [-0.2, -0.15) is 0 Å². The smallest absolute Gasteiger partial charge is 0.261 e. The predicted molar refractivity (Wildman–Crippen MR) is 91.5 cm³/mol. The summed E-state index contributed by atoms with van der Waals surface area (Å²) < 4.78 is 11.9. The quantitative estimate of drug-likeness (QED) is 0.741. The minimum absolute atomic E-state index is 0.0666. The molecule has 1 amide bonds. The van der Waals surface area contributed by atoms with Crippen molar-refractivity contribution in [2.45, 2.75) is 19.4 Å². The van der Waals surface area contributed by atoms with E-state index in [1.807, 2.05) is 0 Å². The highest BCUT2D eigenvalue weighted by atomic mass is 16.5. The molecule has 0 saturated heterocycles. The van der Waals surface area contributed by atoms with Crippen LogP contribution in [0.15, 0.2) is 35.9 Å². The Labute approximate surface area is 139 Å². The van der Waals surface area contributed by atoms with Crippen molar-refractivity contribution in [2.24, 2.45) is 0 Å². The number of ether oxygens (including phenoxy) is 2. The van der Waals surface area contributed by atoms with Gasteiger partial charge in [0.05, 0.1) is 31.4 Å². The van der Waals surface area contributed by atoms with Crippen LogP contribution in [0.3, 0.4) is 0 Å². The van der Waals surface area contributed by atoms with Crippen LogP contribution in [-0.2, 0) is 11.3 Å². The topological polar surface area (TPSA) is 82.5 Å². The van der Waals surface area contributed by atoms with Crippen molar-refractivity contribution in [3.05, 3.63) is 41.5 Å². The van der Waals surface area contributed by atoms with E-state index in [1.165, 1.54) is 25.1 Å². The van der Waals surface area contributed by atoms with Crippen LogP contribution in [-0.4, -0.2) is 36.2 Å². The fraction of sp³-hybridized carbons (Fsp3) is 0.353. The standard InChI is InChI=1S/C17H21N3O4/c1-4-7-18-16(21)6-5-8-20-11-19-13-10-15(24-3)14(23-2)9-12(13)17(20)22/h4,9-11H,1,5-8H2,2-3H3,(H,18,21). The molecule has 7 heteroatoms. The lowest BCUT2D eigenvalue weighted by molar-refractivity contribution is -0.121. The van der Waals surface area contributed by atoms with Crippen LogP contribution < -0.4 is 20.3 Å². The van der Waals surface area contributed by atoms with Crippen molar-refractivity contribution in [2.75, 3.05) is 20.8 Å². The van der Waals surface area contributed by atoms with Crippen LogP contribution in [0.2, 0.25) is 0 Å². The van der Waals surface area contributed by atoms with Gasteiger partial charge in [0, 0.05) is 25.6 Å². The van der Waals surface area contributed by atoms with E-state index in [4.69, 9.17) is 9.47 Å². The third-order valence-corrected chi connectivity index (χ3v) is 3.58. The normalized spacial score (nSPS) is 10.4. The second-order valence-electron chi connectivity index (χ2n) is 5.16. The Kier molecular flexibility index (Phi) is 5.95. The van der Waals surface area contributed by atoms with E-state index in [2.05, 4.69) is 16.9 Å². The SMILES string of the molecule is C=CCNC(=O)CCCn1cnc2cc(OC)c(OC)cc2c1=O. The second kappa shape index (κ2) is 8.14. The first-order valence-corrected chi connectivity index (χ1v) is 7.59. The van der Waals surface area contributed by atoms with Crippen LogP contribution in [0.4, 0.5) is 0 Å². The molecule has 0 aliphatic heterocycles. The van der Waals surface area contributed by atoms with Crippen molar-refractivity contribution in [1.29, 1.82) is 0 Å². The monoisotopic (exact) mass is 331 g/mol. The molecule has 0 aliphatic carbocycles. The number of rotatable bonds is 8. The van der Waals surface area contributed by atoms with Gasteiger partial charge in [-0.25, -0.2) is 4.98 Å². The summed E-state index contributed by atoms with van der Waals surface area (Å²) in [5.74, 6) is 0.932. The summed E-state index contributed by atoms with van der Waals surface area (Å²) in [5.41, 5.74) is 0.366. The minimum atomic E-state index is -0.174. The van der Waals surface area contributed by atoms with Crippen molar-refractivity contribution in [3.63, 3.8) is 0 Å². The first kappa shape index (κ1) is 17.5. The molecule has 0 unspecified atom stereocenters. The van der Waals surface area contributed by atoms with Gasteiger partial charge in [0.15, 0.2) is 11.5 Å². The van der Waals surface area contributed by atoms with Crippen LogP contribution in [0.5, 0.6) is 11.5 Å². The molecule has 0 saturated carbocycles. The average molecular weight is 331 g/mol. The van der Waals surface area contributed by atoms with Crippen LogP contribution in [0.25, 0.3) is 10.9 Å². The van der Waals surface area contributed by atoms with Crippen molar-refractivity contribution >= 4 is 16.8 Å². The molecule has 2 aromatic rings. The lowest BCUT2D eigenvalue weighted by Crippen LogP contribution is -2.25. The number of aromatic nitrogens is 2. The minimum Gasteiger partial charge on any atom is -0.493 e. The number of hydrogen-bond acceptors (Lipinski definition) is 5. The zero-order valence-corrected chi connectivity index (χ0v) is 13.9. The highest BCUT2D eigenvalue weighted by molar-refractivity contribution is 5.81. The highest BCUT2D eigenvalue weighted by Crippen LogP contribution is 2.29. The largest absolute Gasteiger partial charge is 0.493 e. The molecule has 0 bridgehead atoms. The van der Waals surface area contributed by atoms with Gasteiger partial charge >= 0.3 is 0 Å². The molecule has 128 valence electrons. The van der Waals surface area contributed by atoms with Crippen molar-refractivity contribution in [1.82, 2.24) is 14.9 Å². The number of nitrogens with one attached hydrogen (secondary N) is 1. The van der Waals surface area contributed by atoms with Gasteiger partial charge in [0.2, 0.25) is 5.91 Å². The van der Waals surface area contributed by atoms with Gasteiger partial charge in [-0.1, -0.05) is 6.08 Å². The highest BCUT2D eigenvalue weighted by Gasteiger charge is 2.11. The molecule has 0 atom stereocenters. The molecule has 24 heavy (non-hydrogen) atoms. The first-order chi connectivity index (χ1) is 11.6. The van der Waals surface area contributed by atoms with Gasteiger partial charge in [0.25, 0.3) is 5.56 Å². The molecule has 0 fully saturated rings. The molecule has 1 aromatic heterocycles. The van der Waals surface area contributed by atoms with Gasteiger partial charge in [0.1, 0.15) is 0 Å². The Hall–Kier alpha value is -2.83. The number of nitrogens with zero attached hydrogens (tertiary/aromatic N) is 2. The summed E-state index contributed by atoms with van der Waals surface area (Å²) in [5, 5.41) is 3.15. The van der Waals surface area contributed by atoms with Gasteiger partial charge in [-0.15, -0.1) is 6.58 Å². The predicted octanol–water partition coefficient (Wildman–Crippen LogP) is 1.50. The molecule has 1 aromatic carbocycles. The maximum absolute atomic E-state index is 12.6. The molecule has 1 heterocycles. The van der Waals surface area contributed by atoms with E-state index in [-0.39, 0.29) is 11.5 Å². The Morgan fingerprint density at radius 3 is 2.71 bits per heavy atom. The molecule has 7 nitrogen and oxygen atoms in total. The summed E-state index contributed by atoms with van der Waals surface area (Å²) in [6.07, 6.45) is 3.99. The number of aryl methyl sites for hydroxylation is 1. The first-order valence-electron chi connectivity index (χ1n) is 7.59. The molecule has 0 radical (unpaired) electrons. The van der Waals surface area contributed by atoms with E-state index in [0.717, 1.165) is 0 Å². The third-order valence-electron chi connectivity index (χ3n) is 3.58. The fourth-order valence-corrected chi connectivity index (χ4v) is 2.33. The fourth-order valence-electron chi connectivity index (χ4n) is 2.33. The molecule has 1 N–H and O–H groups in total. The van der Waals surface area contributed by atoms with Gasteiger partial charge in [-0.3, -0.25) is 14.2 Å². The van der Waals surface area contributed by atoms with E-state index in [0.29, 0.717) is 48.3 Å². The van der Waals surface area contributed by atoms with Gasteiger partial charge < -0.3 is 14.8 Å². The number of hydrogen-bond donors (Lipinski definition) is 1. The summed E-state index contributed by atoms with van der Waals surface area (Å²) in [6, 6.07) is 3.29. The van der Waals surface area contributed by atoms with Crippen LogP contribution >= 0.6 is 0 Å². The molecular formula is C17H21N3O4. The second-order valence-corrected chi connectivity index (χ2v) is 5.16. The van der Waals surface area contributed by atoms with Gasteiger partial charge in [-0.05, 0) is 12.5 Å². The molecular weight excluding hydrogens is 310 g/mol. The number of carbonyl (C=O) groups is 1. The van der Waals surface area contributed by atoms with E-state index in [1.54, 1.807) is 18.2 Å². The Morgan fingerprint density at radius 1 is 1.33 bits per heavy atom. The molecule has 0 aliphatic rings. The van der Waals surface area contributed by atoms with E-state index in [9.17, 15) is 9.59 Å². The molecule has 2 rings (SSSR count). The van der Waals surface area contributed by atoms with E-state index >= 15 is 0 Å². The summed E-state index contributed by atoms with van der Waals surface area (Å²) in [4.78, 5) is 28.4. The number of methoxy groups -OCH3 is 2. The van der Waals surface area contributed by atoms with Crippen LogP contribution in [0.1, 0.15) is 12.8 Å². The lowest BCUT2D eigenvalue weighted by atomic mass is 10.2. The molecule has 0 spiro atoms. The lowest BCUT2D eigenvalue weighted by Gasteiger charge is -2.10. The third kappa shape index (κ3) is 3.92.